The van der Waals surface area contributed by atoms with Crippen LogP contribution in [0, 0.1) is 11.6 Å². The van der Waals surface area contributed by atoms with E-state index in [4.69, 9.17) is 4.74 Å². The van der Waals surface area contributed by atoms with Gasteiger partial charge < -0.3 is 9.64 Å². The van der Waals surface area contributed by atoms with Crippen molar-refractivity contribution < 1.29 is 18.3 Å². The number of hydrogen-bond acceptors (Lipinski definition) is 2. The second-order valence-corrected chi connectivity index (χ2v) is 5.89. The van der Waals surface area contributed by atoms with Gasteiger partial charge in [0.1, 0.15) is 17.7 Å². The molecule has 1 amide bonds. The molecule has 1 fully saturated rings. The van der Waals surface area contributed by atoms with Crippen LogP contribution in [0.3, 0.4) is 0 Å². The molecule has 3 rings (SSSR count). The van der Waals surface area contributed by atoms with Crippen molar-refractivity contribution in [2.75, 3.05) is 13.7 Å². The summed E-state index contributed by atoms with van der Waals surface area (Å²) in [5, 5.41) is 0. The summed E-state index contributed by atoms with van der Waals surface area (Å²) in [7, 11) is 1.56. The lowest BCUT2D eigenvalue weighted by Crippen LogP contribution is -2.34. The van der Waals surface area contributed by atoms with Crippen molar-refractivity contribution in [1.82, 2.24) is 4.90 Å². The van der Waals surface area contributed by atoms with E-state index in [1.54, 1.807) is 36.3 Å². The topological polar surface area (TPSA) is 29.5 Å². The Kier molecular flexibility index (Phi) is 4.90. The zero-order valence-corrected chi connectivity index (χ0v) is 13.4. The zero-order chi connectivity index (χ0) is 17.1. The van der Waals surface area contributed by atoms with Gasteiger partial charge in [0.25, 0.3) is 0 Å². The Morgan fingerprint density at radius 1 is 0.958 bits per heavy atom. The Labute approximate surface area is 139 Å². The smallest absolute Gasteiger partial charge is 0.223 e. The number of halogens is 2. The molecule has 0 saturated carbocycles. The SMILES string of the molecule is CO[C@@H](c1ccc(F)cc1)[C@@H](c1ccc(F)cc1)N1CCCC1=O. The number of rotatable bonds is 5. The standard InChI is InChI=1S/C19H19F2NO2/c1-24-19(14-6-10-16(21)11-7-14)18(22-12-2-3-17(22)23)13-4-8-15(20)9-5-13/h4-11,18-19H,2-3,12H2,1H3/t18-,19+/m1/s1. The van der Waals surface area contributed by atoms with Crippen molar-refractivity contribution in [3.8, 4) is 0 Å². The summed E-state index contributed by atoms with van der Waals surface area (Å²) < 4.78 is 32.2. The van der Waals surface area contributed by atoms with Crippen molar-refractivity contribution in [1.29, 1.82) is 0 Å². The van der Waals surface area contributed by atoms with E-state index in [2.05, 4.69) is 0 Å². The maximum absolute atomic E-state index is 13.3. The van der Waals surface area contributed by atoms with Gasteiger partial charge in [-0.2, -0.15) is 0 Å². The molecule has 0 aromatic heterocycles. The maximum atomic E-state index is 13.3. The fourth-order valence-electron chi connectivity index (χ4n) is 3.24. The van der Waals surface area contributed by atoms with Crippen LogP contribution in [0.5, 0.6) is 0 Å². The van der Waals surface area contributed by atoms with Crippen LogP contribution in [-0.4, -0.2) is 24.5 Å². The van der Waals surface area contributed by atoms with E-state index in [9.17, 15) is 13.6 Å². The molecular weight excluding hydrogens is 312 g/mol. The first kappa shape index (κ1) is 16.6. The molecule has 3 nitrogen and oxygen atoms in total. The minimum atomic E-state index is -0.460. The van der Waals surface area contributed by atoms with E-state index in [0.717, 1.165) is 17.5 Å². The monoisotopic (exact) mass is 331 g/mol. The predicted octanol–water partition coefficient (Wildman–Crippen LogP) is 4.02. The van der Waals surface area contributed by atoms with Crippen LogP contribution in [0.2, 0.25) is 0 Å². The third kappa shape index (κ3) is 3.31. The summed E-state index contributed by atoms with van der Waals surface area (Å²) in [5.41, 5.74) is 1.57. The number of carbonyl (C=O) groups excluding carboxylic acids is 1. The first-order valence-corrected chi connectivity index (χ1v) is 7.93. The lowest BCUT2D eigenvalue weighted by molar-refractivity contribution is -0.133. The Morgan fingerprint density at radius 2 is 1.50 bits per heavy atom. The van der Waals surface area contributed by atoms with Gasteiger partial charge in [-0.15, -0.1) is 0 Å². The van der Waals surface area contributed by atoms with E-state index < -0.39 is 6.10 Å². The van der Waals surface area contributed by atoms with Crippen LogP contribution in [0.4, 0.5) is 8.78 Å². The summed E-state index contributed by atoms with van der Waals surface area (Å²) >= 11 is 0. The first-order chi connectivity index (χ1) is 11.6. The van der Waals surface area contributed by atoms with E-state index in [-0.39, 0.29) is 23.6 Å². The van der Waals surface area contributed by atoms with Crippen LogP contribution in [0.25, 0.3) is 0 Å². The normalized spacial score (nSPS) is 17.1. The number of benzene rings is 2. The fourth-order valence-corrected chi connectivity index (χ4v) is 3.24. The van der Waals surface area contributed by atoms with Crippen molar-refractivity contribution in [2.24, 2.45) is 0 Å². The molecule has 2 aromatic carbocycles. The Bertz CT molecular complexity index is 700. The molecule has 1 aliphatic heterocycles. The van der Waals surface area contributed by atoms with Crippen LogP contribution in [0.15, 0.2) is 48.5 Å². The lowest BCUT2D eigenvalue weighted by Gasteiger charge is -2.34. The molecule has 0 unspecified atom stereocenters. The Morgan fingerprint density at radius 3 is 1.96 bits per heavy atom. The minimum Gasteiger partial charge on any atom is -0.374 e. The number of amides is 1. The molecule has 2 aromatic rings. The second-order valence-electron chi connectivity index (χ2n) is 5.89. The summed E-state index contributed by atoms with van der Waals surface area (Å²) in [5.74, 6) is -0.612. The molecule has 1 heterocycles. The lowest BCUT2D eigenvalue weighted by atomic mass is 9.94. The van der Waals surface area contributed by atoms with Crippen molar-refractivity contribution in [2.45, 2.75) is 25.0 Å². The van der Waals surface area contributed by atoms with Gasteiger partial charge in [0.2, 0.25) is 5.91 Å². The van der Waals surface area contributed by atoms with Crippen LogP contribution < -0.4 is 0 Å². The highest BCUT2D eigenvalue weighted by molar-refractivity contribution is 5.78. The van der Waals surface area contributed by atoms with Crippen LogP contribution >= 0.6 is 0 Å². The molecule has 0 aliphatic carbocycles. The third-order valence-electron chi connectivity index (χ3n) is 4.40. The van der Waals surface area contributed by atoms with Gasteiger partial charge in [0.05, 0.1) is 6.04 Å². The maximum Gasteiger partial charge on any atom is 0.223 e. The number of carbonyl (C=O) groups is 1. The van der Waals surface area contributed by atoms with Gasteiger partial charge >= 0.3 is 0 Å². The van der Waals surface area contributed by atoms with E-state index >= 15 is 0 Å². The molecule has 126 valence electrons. The molecule has 0 N–H and O–H groups in total. The molecule has 0 radical (unpaired) electrons. The van der Waals surface area contributed by atoms with E-state index in [0.29, 0.717) is 13.0 Å². The highest BCUT2D eigenvalue weighted by atomic mass is 19.1. The van der Waals surface area contributed by atoms with Crippen molar-refractivity contribution in [3.05, 3.63) is 71.3 Å². The molecule has 1 aliphatic rings. The van der Waals surface area contributed by atoms with Gasteiger partial charge in [0, 0.05) is 20.1 Å². The molecule has 0 bridgehead atoms. The molecule has 0 spiro atoms. The van der Waals surface area contributed by atoms with Gasteiger partial charge in [-0.05, 0) is 41.8 Å². The number of methoxy groups -OCH3 is 1. The number of likely N-dealkylation sites (tertiary alicyclic amines) is 1. The average molecular weight is 331 g/mol. The predicted molar refractivity (Wildman–Crippen MR) is 86.2 cm³/mol. The largest absolute Gasteiger partial charge is 0.374 e. The molecule has 5 heteroatoms. The molecule has 24 heavy (non-hydrogen) atoms. The third-order valence-corrected chi connectivity index (χ3v) is 4.40. The van der Waals surface area contributed by atoms with Crippen LogP contribution in [0.1, 0.15) is 36.1 Å². The number of nitrogens with zero attached hydrogens (tertiary/aromatic N) is 1. The van der Waals surface area contributed by atoms with Crippen LogP contribution in [-0.2, 0) is 9.53 Å². The van der Waals surface area contributed by atoms with Gasteiger partial charge in [-0.25, -0.2) is 8.78 Å². The highest BCUT2D eigenvalue weighted by Gasteiger charge is 2.35. The second kappa shape index (κ2) is 7.09. The Hall–Kier alpha value is -2.27. The number of ether oxygens (including phenoxy) is 1. The quantitative estimate of drug-likeness (QED) is 0.828. The van der Waals surface area contributed by atoms with Crippen molar-refractivity contribution in [3.63, 3.8) is 0 Å². The van der Waals surface area contributed by atoms with Gasteiger partial charge in [0.15, 0.2) is 0 Å². The van der Waals surface area contributed by atoms with Gasteiger partial charge in [-0.3, -0.25) is 4.79 Å². The van der Waals surface area contributed by atoms with Crippen molar-refractivity contribution >= 4 is 5.91 Å². The average Bonchev–Trinajstić information content (AvgIpc) is 3.00. The zero-order valence-electron chi connectivity index (χ0n) is 13.4. The summed E-state index contributed by atoms with van der Waals surface area (Å²) in [6.45, 7) is 0.627. The van der Waals surface area contributed by atoms with E-state index in [1.807, 2.05) is 0 Å². The Balaban J connectivity index is 2.03. The first-order valence-electron chi connectivity index (χ1n) is 7.93. The molecular formula is C19H19F2NO2. The fraction of sp³-hybridized carbons (Fsp3) is 0.316. The summed E-state index contributed by atoms with van der Waals surface area (Å²) in [6.07, 6.45) is 0.826. The number of hydrogen-bond donors (Lipinski definition) is 0. The summed E-state index contributed by atoms with van der Waals surface area (Å²) in [6, 6.07) is 11.8. The highest BCUT2D eigenvalue weighted by Crippen LogP contribution is 2.38. The van der Waals surface area contributed by atoms with Gasteiger partial charge in [-0.1, -0.05) is 24.3 Å². The summed E-state index contributed by atoms with van der Waals surface area (Å²) in [4.78, 5) is 14.1. The van der Waals surface area contributed by atoms with E-state index in [1.165, 1.54) is 24.3 Å². The molecule has 1 saturated heterocycles. The molecule has 2 atom stereocenters. The minimum absolute atomic E-state index is 0.0495.